The minimum Gasteiger partial charge on any atom is -0.481 e. The van der Waals surface area contributed by atoms with Crippen molar-refractivity contribution in [3.63, 3.8) is 0 Å². The summed E-state index contributed by atoms with van der Waals surface area (Å²) in [5, 5.41) is 8.66. The lowest BCUT2D eigenvalue weighted by molar-refractivity contribution is -0.138. The topological polar surface area (TPSA) is 66.8 Å². The van der Waals surface area contributed by atoms with E-state index in [4.69, 9.17) is 9.84 Å². The average Bonchev–Trinajstić information content (AvgIpc) is 2.37. The number of amides is 1. The molecule has 1 unspecified atom stereocenters. The highest BCUT2D eigenvalue weighted by molar-refractivity contribution is 5.77. The lowest BCUT2D eigenvalue weighted by atomic mass is 9.93. The van der Waals surface area contributed by atoms with E-state index < -0.39 is 5.97 Å². The van der Waals surface area contributed by atoms with Gasteiger partial charge in [0.1, 0.15) is 6.61 Å². The Morgan fingerprint density at radius 3 is 2.89 bits per heavy atom. The van der Waals surface area contributed by atoms with E-state index in [0.29, 0.717) is 25.5 Å². The number of carbonyl (C=O) groups excluding carboxylic acids is 1. The molecule has 5 nitrogen and oxygen atoms in total. The third-order valence-electron chi connectivity index (χ3n) is 3.21. The van der Waals surface area contributed by atoms with E-state index in [2.05, 4.69) is 0 Å². The van der Waals surface area contributed by atoms with Gasteiger partial charge in [0, 0.05) is 26.1 Å². The van der Waals surface area contributed by atoms with Crippen LogP contribution in [0.3, 0.4) is 0 Å². The molecule has 0 aromatic carbocycles. The van der Waals surface area contributed by atoms with Crippen molar-refractivity contribution in [2.45, 2.75) is 39.0 Å². The summed E-state index contributed by atoms with van der Waals surface area (Å²) in [6.45, 7) is 4.23. The van der Waals surface area contributed by atoms with Crippen molar-refractivity contribution in [3.8, 4) is 0 Å². The average molecular weight is 257 g/mol. The minimum absolute atomic E-state index is 0.0310. The number of likely N-dealkylation sites (tertiary alicyclic amines) is 1. The zero-order valence-corrected chi connectivity index (χ0v) is 11.1. The van der Waals surface area contributed by atoms with E-state index in [1.165, 1.54) is 0 Å². The molecule has 1 rings (SSSR count). The van der Waals surface area contributed by atoms with E-state index in [-0.39, 0.29) is 18.9 Å². The SMILES string of the molecule is CCCOCC(=O)N1CCCC(CCC(=O)O)C1. The van der Waals surface area contributed by atoms with Crippen LogP contribution in [0.4, 0.5) is 0 Å². The van der Waals surface area contributed by atoms with E-state index in [1.807, 2.05) is 11.8 Å². The van der Waals surface area contributed by atoms with Gasteiger partial charge in [-0.15, -0.1) is 0 Å². The molecule has 1 heterocycles. The van der Waals surface area contributed by atoms with Crippen LogP contribution in [0.5, 0.6) is 0 Å². The van der Waals surface area contributed by atoms with Crippen molar-refractivity contribution in [2.75, 3.05) is 26.3 Å². The lowest BCUT2D eigenvalue weighted by Gasteiger charge is -2.32. The first kappa shape index (κ1) is 15.0. The van der Waals surface area contributed by atoms with Crippen LogP contribution in [0.15, 0.2) is 0 Å². The summed E-state index contributed by atoms with van der Waals surface area (Å²) < 4.78 is 5.25. The van der Waals surface area contributed by atoms with Gasteiger partial charge in [0.2, 0.25) is 5.91 Å². The number of carbonyl (C=O) groups is 2. The molecule has 1 aliphatic heterocycles. The molecule has 1 saturated heterocycles. The summed E-state index contributed by atoms with van der Waals surface area (Å²) in [6.07, 6.45) is 3.75. The van der Waals surface area contributed by atoms with Crippen LogP contribution in [0.2, 0.25) is 0 Å². The van der Waals surface area contributed by atoms with Gasteiger partial charge in [-0.25, -0.2) is 0 Å². The van der Waals surface area contributed by atoms with Crippen molar-refractivity contribution in [1.82, 2.24) is 4.90 Å². The van der Waals surface area contributed by atoms with Gasteiger partial charge in [-0.05, 0) is 31.6 Å². The number of carboxylic acid groups (broad SMARTS) is 1. The molecule has 1 N–H and O–H groups in total. The summed E-state index contributed by atoms with van der Waals surface area (Å²) >= 11 is 0. The number of nitrogens with zero attached hydrogens (tertiary/aromatic N) is 1. The Morgan fingerprint density at radius 2 is 2.22 bits per heavy atom. The third-order valence-corrected chi connectivity index (χ3v) is 3.21. The normalized spacial score (nSPS) is 19.8. The van der Waals surface area contributed by atoms with Gasteiger partial charge < -0.3 is 14.7 Å². The Balaban J connectivity index is 2.28. The standard InChI is InChI=1S/C13H23NO4/c1-2-8-18-10-12(15)14-7-3-4-11(9-14)5-6-13(16)17/h11H,2-10H2,1H3,(H,16,17). The molecule has 1 atom stereocenters. The predicted octanol–water partition coefficient (Wildman–Crippen LogP) is 1.52. The van der Waals surface area contributed by atoms with Crippen LogP contribution in [-0.2, 0) is 14.3 Å². The summed E-state index contributed by atoms with van der Waals surface area (Å²) in [4.78, 5) is 24.2. The zero-order valence-electron chi connectivity index (χ0n) is 11.1. The number of carboxylic acids is 1. The second-order valence-corrected chi connectivity index (χ2v) is 4.83. The van der Waals surface area contributed by atoms with Gasteiger partial charge >= 0.3 is 5.97 Å². The molecule has 1 fully saturated rings. The van der Waals surface area contributed by atoms with Crippen LogP contribution in [-0.4, -0.2) is 48.2 Å². The van der Waals surface area contributed by atoms with Gasteiger partial charge in [-0.1, -0.05) is 6.92 Å². The minimum atomic E-state index is -0.760. The molecular formula is C13H23NO4. The molecule has 0 bridgehead atoms. The molecule has 0 radical (unpaired) electrons. The Bertz CT molecular complexity index is 280. The Labute approximate surface area is 108 Å². The Kier molecular flexibility index (Phi) is 6.72. The van der Waals surface area contributed by atoms with Crippen LogP contribution >= 0.6 is 0 Å². The van der Waals surface area contributed by atoms with Crippen LogP contribution in [0.25, 0.3) is 0 Å². The highest BCUT2D eigenvalue weighted by Crippen LogP contribution is 2.21. The van der Waals surface area contributed by atoms with Crippen molar-refractivity contribution in [2.24, 2.45) is 5.92 Å². The molecular weight excluding hydrogens is 234 g/mol. The van der Waals surface area contributed by atoms with Crippen molar-refractivity contribution >= 4 is 11.9 Å². The maximum atomic E-state index is 11.8. The van der Waals surface area contributed by atoms with E-state index in [1.54, 1.807) is 0 Å². The van der Waals surface area contributed by atoms with Gasteiger partial charge in [0.25, 0.3) is 0 Å². The number of hydrogen-bond acceptors (Lipinski definition) is 3. The number of aliphatic carboxylic acids is 1. The third kappa shape index (κ3) is 5.49. The highest BCUT2D eigenvalue weighted by Gasteiger charge is 2.23. The molecule has 1 aliphatic rings. The quantitative estimate of drug-likeness (QED) is 0.702. The van der Waals surface area contributed by atoms with Gasteiger partial charge in [0.05, 0.1) is 0 Å². The summed E-state index contributed by atoms with van der Waals surface area (Å²) in [5.74, 6) is -0.404. The molecule has 0 aliphatic carbocycles. The fourth-order valence-electron chi connectivity index (χ4n) is 2.25. The maximum absolute atomic E-state index is 11.8. The molecule has 0 spiro atoms. The zero-order chi connectivity index (χ0) is 13.4. The fourth-order valence-corrected chi connectivity index (χ4v) is 2.25. The smallest absolute Gasteiger partial charge is 0.303 e. The van der Waals surface area contributed by atoms with Crippen molar-refractivity contribution < 1.29 is 19.4 Å². The largest absolute Gasteiger partial charge is 0.481 e. The summed E-state index contributed by atoms with van der Waals surface area (Å²) in [5.41, 5.74) is 0. The second kappa shape index (κ2) is 8.08. The van der Waals surface area contributed by atoms with Crippen molar-refractivity contribution in [1.29, 1.82) is 0 Å². The summed E-state index contributed by atoms with van der Waals surface area (Å²) in [7, 11) is 0. The molecule has 104 valence electrons. The highest BCUT2D eigenvalue weighted by atomic mass is 16.5. The first-order chi connectivity index (χ1) is 8.63. The first-order valence-corrected chi connectivity index (χ1v) is 6.70. The number of piperidine rings is 1. The monoisotopic (exact) mass is 257 g/mol. The maximum Gasteiger partial charge on any atom is 0.303 e. The Hall–Kier alpha value is -1.10. The van der Waals surface area contributed by atoms with E-state index >= 15 is 0 Å². The second-order valence-electron chi connectivity index (χ2n) is 4.83. The molecule has 1 amide bonds. The molecule has 0 aromatic rings. The summed E-state index contributed by atoms with van der Waals surface area (Å²) in [6, 6.07) is 0. The number of hydrogen-bond donors (Lipinski definition) is 1. The van der Waals surface area contributed by atoms with Crippen LogP contribution < -0.4 is 0 Å². The van der Waals surface area contributed by atoms with Gasteiger partial charge in [0.15, 0.2) is 0 Å². The van der Waals surface area contributed by atoms with Crippen molar-refractivity contribution in [3.05, 3.63) is 0 Å². The molecule has 0 aromatic heterocycles. The molecule has 18 heavy (non-hydrogen) atoms. The fraction of sp³-hybridized carbons (Fsp3) is 0.846. The van der Waals surface area contributed by atoms with Crippen LogP contribution in [0.1, 0.15) is 39.0 Å². The lowest BCUT2D eigenvalue weighted by Crippen LogP contribution is -2.41. The number of rotatable bonds is 7. The molecule has 0 saturated carbocycles. The Morgan fingerprint density at radius 1 is 1.44 bits per heavy atom. The van der Waals surface area contributed by atoms with E-state index in [0.717, 1.165) is 25.8 Å². The first-order valence-electron chi connectivity index (χ1n) is 6.70. The van der Waals surface area contributed by atoms with Gasteiger partial charge in [-0.3, -0.25) is 9.59 Å². The van der Waals surface area contributed by atoms with E-state index in [9.17, 15) is 9.59 Å². The molecule has 5 heteroatoms. The van der Waals surface area contributed by atoms with Crippen LogP contribution in [0, 0.1) is 5.92 Å². The van der Waals surface area contributed by atoms with Gasteiger partial charge in [-0.2, -0.15) is 0 Å². The predicted molar refractivity (Wildman–Crippen MR) is 67.3 cm³/mol. The number of ether oxygens (including phenoxy) is 1.